The van der Waals surface area contributed by atoms with Gasteiger partial charge in [0.25, 0.3) is 0 Å². The third-order valence-electron chi connectivity index (χ3n) is 4.16. The van der Waals surface area contributed by atoms with Gasteiger partial charge in [0.15, 0.2) is 10.9 Å². The second-order valence-corrected chi connectivity index (χ2v) is 8.36. The Labute approximate surface area is 181 Å². The Morgan fingerprint density at radius 1 is 1.33 bits per heavy atom. The van der Waals surface area contributed by atoms with Crippen LogP contribution in [-0.2, 0) is 11.3 Å². The second kappa shape index (κ2) is 9.10. The molecule has 3 heterocycles. The lowest BCUT2D eigenvalue weighted by atomic mass is 10.1. The highest BCUT2D eigenvalue weighted by atomic mass is 32.2. The van der Waals surface area contributed by atoms with Crippen molar-refractivity contribution >= 4 is 34.7 Å². The maximum atomic E-state index is 12.5. The molecule has 0 aliphatic heterocycles. The molecule has 1 aromatic carbocycles. The number of rotatable bonds is 8. The number of nitrogens with one attached hydrogen (secondary N) is 1. The minimum absolute atomic E-state index is 0.126. The van der Waals surface area contributed by atoms with E-state index in [4.69, 9.17) is 4.42 Å². The molecule has 0 aliphatic rings. The standard InChI is InChI=1S/C21H19N5O2S2/c1-3-9-26-20(18-8-5-10-28-18)24-25-21(26)30-13-19(27)23-16-7-4-6-15(11-16)17-12-29-14(2)22-17/h3-8,10-12H,1,9,13H2,2H3,(H,23,27). The predicted molar refractivity (Wildman–Crippen MR) is 120 cm³/mol. The zero-order valence-corrected chi connectivity index (χ0v) is 17.9. The summed E-state index contributed by atoms with van der Waals surface area (Å²) in [6.07, 6.45) is 3.34. The highest BCUT2D eigenvalue weighted by Crippen LogP contribution is 2.26. The Bertz CT molecular complexity index is 1160. The second-order valence-electron chi connectivity index (χ2n) is 6.35. The van der Waals surface area contributed by atoms with Crippen molar-refractivity contribution < 1.29 is 9.21 Å². The molecule has 0 saturated heterocycles. The molecule has 1 amide bonds. The van der Waals surface area contributed by atoms with Gasteiger partial charge < -0.3 is 9.73 Å². The van der Waals surface area contributed by atoms with Gasteiger partial charge in [0.2, 0.25) is 11.7 Å². The van der Waals surface area contributed by atoms with Crippen LogP contribution in [0.4, 0.5) is 5.69 Å². The first-order chi connectivity index (χ1) is 14.6. The summed E-state index contributed by atoms with van der Waals surface area (Å²) in [6, 6.07) is 11.3. The molecule has 0 saturated carbocycles. The van der Waals surface area contributed by atoms with Gasteiger partial charge in [0.05, 0.1) is 22.7 Å². The first kappa shape index (κ1) is 20.1. The number of benzene rings is 1. The van der Waals surface area contributed by atoms with Gasteiger partial charge in [-0.15, -0.1) is 28.1 Å². The average Bonchev–Trinajstić information content (AvgIpc) is 3.48. The molecule has 0 unspecified atom stereocenters. The summed E-state index contributed by atoms with van der Waals surface area (Å²) in [6.45, 7) is 6.27. The molecule has 9 heteroatoms. The molecule has 4 aromatic rings. The van der Waals surface area contributed by atoms with Crippen LogP contribution >= 0.6 is 23.1 Å². The third kappa shape index (κ3) is 4.52. The zero-order chi connectivity index (χ0) is 20.9. The SMILES string of the molecule is C=CCn1c(SCC(=O)Nc2cccc(-c3csc(C)n3)c2)nnc1-c1ccco1. The summed E-state index contributed by atoms with van der Waals surface area (Å²) in [7, 11) is 0. The third-order valence-corrected chi connectivity index (χ3v) is 5.90. The number of amides is 1. The van der Waals surface area contributed by atoms with Crippen molar-refractivity contribution in [2.24, 2.45) is 0 Å². The number of furan rings is 1. The van der Waals surface area contributed by atoms with E-state index < -0.39 is 0 Å². The highest BCUT2D eigenvalue weighted by Gasteiger charge is 2.16. The summed E-state index contributed by atoms with van der Waals surface area (Å²) in [4.78, 5) is 17.0. The molecule has 3 aromatic heterocycles. The molecule has 1 N–H and O–H groups in total. The van der Waals surface area contributed by atoms with E-state index in [1.807, 2.05) is 47.2 Å². The molecule has 0 spiro atoms. The Morgan fingerprint density at radius 3 is 2.97 bits per heavy atom. The van der Waals surface area contributed by atoms with Crippen LogP contribution in [-0.4, -0.2) is 31.4 Å². The van der Waals surface area contributed by atoms with Gasteiger partial charge in [0.1, 0.15) is 0 Å². The van der Waals surface area contributed by atoms with Gasteiger partial charge in [-0.3, -0.25) is 9.36 Å². The number of allylic oxidation sites excluding steroid dienone is 1. The van der Waals surface area contributed by atoms with E-state index in [1.54, 1.807) is 29.7 Å². The minimum Gasteiger partial charge on any atom is -0.461 e. The van der Waals surface area contributed by atoms with E-state index in [0.29, 0.717) is 23.3 Å². The fourth-order valence-electron chi connectivity index (χ4n) is 2.86. The van der Waals surface area contributed by atoms with Crippen molar-refractivity contribution in [2.45, 2.75) is 18.6 Å². The number of carbonyl (C=O) groups excluding carboxylic acids is 1. The highest BCUT2D eigenvalue weighted by molar-refractivity contribution is 7.99. The first-order valence-corrected chi connectivity index (χ1v) is 11.0. The normalized spacial score (nSPS) is 10.8. The van der Waals surface area contributed by atoms with Gasteiger partial charge in [-0.2, -0.15) is 0 Å². The van der Waals surface area contributed by atoms with Gasteiger partial charge in [-0.05, 0) is 31.2 Å². The number of aromatic nitrogens is 4. The lowest BCUT2D eigenvalue weighted by molar-refractivity contribution is -0.113. The van der Waals surface area contributed by atoms with E-state index in [1.165, 1.54) is 11.8 Å². The molecule has 4 rings (SSSR count). The van der Waals surface area contributed by atoms with Crippen molar-refractivity contribution in [3.05, 3.63) is 65.7 Å². The summed E-state index contributed by atoms with van der Waals surface area (Å²) < 4.78 is 7.29. The van der Waals surface area contributed by atoms with Gasteiger partial charge in [-0.1, -0.05) is 30.0 Å². The maximum absolute atomic E-state index is 12.5. The topological polar surface area (TPSA) is 85.8 Å². The van der Waals surface area contributed by atoms with Gasteiger partial charge in [0, 0.05) is 23.2 Å². The zero-order valence-electron chi connectivity index (χ0n) is 16.2. The number of aryl methyl sites for hydroxylation is 1. The summed E-state index contributed by atoms with van der Waals surface area (Å²) in [5.74, 6) is 1.30. The average molecular weight is 438 g/mol. The molecule has 30 heavy (non-hydrogen) atoms. The number of nitrogens with zero attached hydrogens (tertiary/aromatic N) is 4. The van der Waals surface area contributed by atoms with Crippen LogP contribution in [0.2, 0.25) is 0 Å². The van der Waals surface area contributed by atoms with Crippen molar-refractivity contribution in [1.82, 2.24) is 19.7 Å². The summed E-state index contributed by atoms with van der Waals surface area (Å²) in [5.41, 5.74) is 2.61. The van der Waals surface area contributed by atoms with E-state index in [0.717, 1.165) is 22.0 Å². The van der Waals surface area contributed by atoms with E-state index in [-0.39, 0.29) is 11.7 Å². The van der Waals surface area contributed by atoms with Crippen LogP contribution in [0.25, 0.3) is 22.8 Å². The van der Waals surface area contributed by atoms with E-state index in [9.17, 15) is 4.79 Å². The van der Waals surface area contributed by atoms with E-state index >= 15 is 0 Å². The van der Waals surface area contributed by atoms with Crippen molar-refractivity contribution in [1.29, 1.82) is 0 Å². The van der Waals surface area contributed by atoms with Crippen LogP contribution < -0.4 is 5.32 Å². The Morgan fingerprint density at radius 2 is 2.23 bits per heavy atom. The monoisotopic (exact) mass is 437 g/mol. The van der Waals surface area contributed by atoms with Crippen LogP contribution in [0.5, 0.6) is 0 Å². The largest absolute Gasteiger partial charge is 0.461 e. The molecule has 152 valence electrons. The van der Waals surface area contributed by atoms with Crippen LogP contribution in [0.1, 0.15) is 5.01 Å². The van der Waals surface area contributed by atoms with Gasteiger partial charge >= 0.3 is 0 Å². The van der Waals surface area contributed by atoms with Crippen molar-refractivity contribution in [3.63, 3.8) is 0 Å². The summed E-state index contributed by atoms with van der Waals surface area (Å²) in [5, 5.41) is 15.0. The first-order valence-electron chi connectivity index (χ1n) is 9.17. The number of thiazole rings is 1. The molecule has 0 fully saturated rings. The number of carbonyl (C=O) groups is 1. The Kier molecular flexibility index (Phi) is 6.10. The lowest BCUT2D eigenvalue weighted by Gasteiger charge is -2.08. The van der Waals surface area contributed by atoms with Crippen molar-refractivity contribution in [3.8, 4) is 22.8 Å². The fraction of sp³-hybridized carbons (Fsp3) is 0.143. The smallest absolute Gasteiger partial charge is 0.234 e. The number of hydrogen-bond donors (Lipinski definition) is 1. The van der Waals surface area contributed by atoms with E-state index in [2.05, 4.69) is 27.1 Å². The lowest BCUT2D eigenvalue weighted by Crippen LogP contribution is -2.14. The van der Waals surface area contributed by atoms with Gasteiger partial charge in [-0.25, -0.2) is 4.98 Å². The predicted octanol–water partition coefficient (Wildman–Crippen LogP) is 4.89. The Balaban J connectivity index is 1.43. The quantitative estimate of drug-likeness (QED) is 0.312. The summed E-state index contributed by atoms with van der Waals surface area (Å²) >= 11 is 2.91. The fourth-order valence-corrected chi connectivity index (χ4v) is 4.23. The minimum atomic E-state index is -0.126. The number of thioether (sulfide) groups is 1. The van der Waals surface area contributed by atoms with Crippen LogP contribution in [0.15, 0.2) is 70.3 Å². The Hall–Kier alpha value is -3.17. The van der Waals surface area contributed by atoms with Crippen LogP contribution in [0, 0.1) is 6.92 Å². The molecule has 0 bridgehead atoms. The molecule has 0 atom stereocenters. The van der Waals surface area contributed by atoms with Crippen molar-refractivity contribution in [2.75, 3.05) is 11.1 Å². The maximum Gasteiger partial charge on any atom is 0.234 e. The molecule has 0 radical (unpaired) electrons. The molecular formula is C21H19N5O2S2. The molecule has 7 nitrogen and oxygen atoms in total. The number of anilines is 1. The van der Waals surface area contributed by atoms with Crippen LogP contribution in [0.3, 0.4) is 0 Å². The molecular weight excluding hydrogens is 418 g/mol. The number of hydrogen-bond acceptors (Lipinski definition) is 7. The molecule has 0 aliphatic carbocycles.